The molecule has 2 aromatic heterocycles. The summed E-state index contributed by atoms with van der Waals surface area (Å²) >= 11 is 6.24. The van der Waals surface area contributed by atoms with E-state index in [0.717, 1.165) is 11.3 Å². The summed E-state index contributed by atoms with van der Waals surface area (Å²) in [5.41, 5.74) is 2.99. The van der Waals surface area contributed by atoms with Gasteiger partial charge in [-0.2, -0.15) is 10.2 Å². The van der Waals surface area contributed by atoms with E-state index in [-0.39, 0.29) is 11.9 Å². The maximum atomic E-state index is 12.8. The number of nitrogens with one attached hydrogen (secondary N) is 1. The maximum absolute atomic E-state index is 12.8. The van der Waals surface area contributed by atoms with E-state index >= 15 is 0 Å². The minimum absolute atomic E-state index is 0.189. The lowest BCUT2D eigenvalue weighted by Crippen LogP contribution is -2.28. The topological polar surface area (TPSA) is 77.6 Å². The van der Waals surface area contributed by atoms with Crippen LogP contribution in [0.4, 0.5) is 0 Å². The van der Waals surface area contributed by atoms with E-state index in [4.69, 9.17) is 11.6 Å². The second-order valence-corrected chi connectivity index (χ2v) is 6.67. The molecule has 1 N–H and O–H groups in total. The molecule has 0 spiro atoms. The Balaban J connectivity index is 1.81. The molecule has 0 radical (unpaired) electrons. The molecule has 0 bridgehead atoms. The van der Waals surface area contributed by atoms with Gasteiger partial charge in [0.25, 0.3) is 5.91 Å². The van der Waals surface area contributed by atoms with Crippen LogP contribution in [0, 0.1) is 13.8 Å². The Hall–Kier alpha value is -2.67. The third kappa shape index (κ3) is 3.62. The SMILES string of the molecule is Cc1nn(Cc2ccccc2Cl)c(C)c1C(=O)NC(C)c1ncn(C)n1. The first-order chi connectivity index (χ1) is 12.4. The van der Waals surface area contributed by atoms with E-state index in [1.54, 1.807) is 22.7 Å². The minimum atomic E-state index is -0.297. The normalized spacial score (nSPS) is 12.2. The number of carbonyl (C=O) groups is 1. The van der Waals surface area contributed by atoms with Crippen LogP contribution in [-0.2, 0) is 13.6 Å². The van der Waals surface area contributed by atoms with Crippen LogP contribution in [-0.4, -0.2) is 30.5 Å². The van der Waals surface area contributed by atoms with Crippen molar-refractivity contribution in [1.29, 1.82) is 0 Å². The van der Waals surface area contributed by atoms with E-state index in [0.29, 0.717) is 28.6 Å². The quantitative estimate of drug-likeness (QED) is 0.747. The van der Waals surface area contributed by atoms with Crippen molar-refractivity contribution in [2.45, 2.75) is 33.4 Å². The molecular formula is C18H21ClN6O. The average molecular weight is 373 g/mol. The number of carbonyl (C=O) groups excluding carboxylic acids is 1. The molecule has 0 aliphatic rings. The lowest BCUT2D eigenvalue weighted by molar-refractivity contribution is 0.0937. The van der Waals surface area contributed by atoms with Crippen LogP contribution in [0.2, 0.25) is 5.02 Å². The summed E-state index contributed by atoms with van der Waals surface area (Å²) in [7, 11) is 1.79. The van der Waals surface area contributed by atoms with Gasteiger partial charge in [0.15, 0.2) is 5.82 Å². The monoisotopic (exact) mass is 372 g/mol. The van der Waals surface area contributed by atoms with Crippen LogP contribution in [0.25, 0.3) is 0 Å². The number of aromatic nitrogens is 5. The standard InChI is InChI=1S/C18H21ClN6O/c1-11-16(18(26)21-12(2)17-20-10-24(4)23-17)13(3)25(22-11)9-14-7-5-6-8-15(14)19/h5-8,10,12H,9H2,1-4H3,(H,21,26). The molecule has 1 aromatic carbocycles. The molecule has 3 rings (SSSR count). The van der Waals surface area contributed by atoms with Crippen molar-refractivity contribution in [3.8, 4) is 0 Å². The third-order valence-corrected chi connectivity index (χ3v) is 4.61. The zero-order valence-electron chi connectivity index (χ0n) is 15.2. The van der Waals surface area contributed by atoms with Gasteiger partial charge >= 0.3 is 0 Å². The van der Waals surface area contributed by atoms with Crippen molar-refractivity contribution in [3.63, 3.8) is 0 Å². The highest BCUT2D eigenvalue weighted by Gasteiger charge is 2.22. The highest BCUT2D eigenvalue weighted by Crippen LogP contribution is 2.20. The average Bonchev–Trinajstić information content (AvgIpc) is 3.13. The summed E-state index contributed by atoms with van der Waals surface area (Å²) in [6, 6.07) is 7.32. The molecule has 7 nitrogen and oxygen atoms in total. The fourth-order valence-electron chi connectivity index (χ4n) is 2.86. The molecule has 26 heavy (non-hydrogen) atoms. The van der Waals surface area contributed by atoms with E-state index in [1.807, 2.05) is 45.0 Å². The molecule has 136 valence electrons. The number of halogens is 1. The number of rotatable bonds is 5. The summed E-state index contributed by atoms with van der Waals surface area (Å²) in [6.07, 6.45) is 1.61. The number of aryl methyl sites for hydroxylation is 2. The molecular weight excluding hydrogens is 352 g/mol. The van der Waals surface area contributed by atoms with Crippen molar-refractivity contribution in [2.24, 2.45) is 7.05 Å². The Bertz CT molecular complexity index is 945. The Labute approximate surface area is 157 Å². The van der Waals surface area contributed by atoms with Gasteiger partial charge in [-0.3, -0.25) is 14.2 Å². The summed E-state index contributed by atoms with van der Waals surface area (Å²) in [4.78, 5) is 16.9. The molecule has 0 aliphatic heterocycles. The van der Waals surface area contributed by atoms with Crippen LogP contribution in [0.5, 0.6) is 0 Å². The Morgan fingerprint density at radius 2 is 2.00 bits per heavy atom. The predicted molar refractivity (Wildman–Crippen MR) is 99.1 cm³/mol. The van der Waals surface area contributed by atoms with Gasteiger partial charge in [-0.1, -0.05) is 29.8 Å². The molecule has 1 atom stereocenters. The first-order valence-electron chi connectivity index (χ1n) is 8.30. The Morgan fingerprint density at radius 3 is 2.65 bits per heavy atom. The van der Waals surface area contributed by atoms with Gasteiger partial charge in [-0.15, -0.1) is 0 Å². The fourth-order valence-corrected chi connectivity index (χ4v) is 3.05. The first kappa shape index (κ1) is 18.1. The molecule has 1 amide bonds. The first-order valence-corrected chi connectivity index (χ1v) is 8.68. The van der Waals surface area contributed by atoms with Crippen molar-refractivity contribution in [1.82, 2.24) is 29.9 Å². The van der Waals surface area contributed by atoms with Crippen molar-refractivity contribution < 1.29 is 4.79 Å². The second-order valence-electron chi connectivity index (χ2n) is 6.27. The van der Waals surface area contributed by atoms with Gasteiger partial charge in [-0.05, 0) is 32.4 Å². The zero-order valence-corrected chi connectivity index (χ0v) is 15.9. The smallest absolute Gasteiger partial charge is 0.255 e. The molecule has 3 aromatic rings. The van der Waals surface area contributed by atoms with Crippen LogP contribution < -0.4 is 5.32 Å². The van der Waals surface area contributed by atoms with Crippen molar-refractivity contribution in [2.75, 3.05) is 0 Å². The van der Waals surface area contributed by atoms with Gasteiger partial charge in [-0.25, -0.2) is 4.98 Å². The van der Waals surface area contributed by atoms with Gasteiger partial charge in [0.2, 0.25) is 0 Å². The molecule has 0 saturated carbocycles. The van der Waals surface area contributed by atoms with Crippen molar-refractivity contribution in [3.05, 3.63) is 64.0 Å². The number of benzene rings is 1. The summed E-state index contributed by atoms with van der Waals surface area (Å²) < 4.78 is 3.41. The highest BCUT2D eigenvalue weighted by atomic mass is 35.5. The molecule has 2 heterocycles. The molecule has 0 saturated heterocycles. The fraction of sp³-hybridized carbons (Fsp3) is 0.333. The lowest BCUT2D eigenvalue weighted by atomic mass is 10.1. The summed E-state index contributed by atoms with van der Waals surface area (Å²) in [5.74, 6) is 0.380. The summed E-state index contributed by atoms with van der Waals surface area (Å²) in [5, 5.41) is 12.4. The van der Waals surface area contributed by atoms with E-state index in [1.165, 1.54) is 0 Å². The zero-order chi connectivity index (χ0) is 18.8. The molecule has 8 heteroatoms. The second kappa shape index (κ2) is 7.29. The molecule has 1 unspecified atom stereocenters. The summed E-state index contributed by atoms with van der Waals surface area (Å²) in [6.45, 7) is 6.08. The van der Waals surface area contributed by atoms with Gasteiger partial charge in [0.05, 0.1) is 23.8 Å². The number of amides is 1. The predicted octanol–water partition coefficient (Wildman–Crippen LogP) is 2.82. The lowest BCUT2D eigenvalue weighted by Gasteiger charge is -2.11. The Kier molecular flexibility index (Phi) is 5.08. The number of hydrogen-bond donors (Lipinski definition) is 1. The van der Waals surface area contributed by atoms with E-state index in [2.05, 4.69) is 20.5 Å². The van der Waals surface area contributed by atoms with Crippen molar-refractivity contribution >= 4 is 17.5 Å². The third-order valence-electron chi connectivity index (χ3n) is 4.24. The number of hydrogen-bond acceptors (Lipinski definition) is 4. The van der Waals surface area contributed by atoms with Gasteiger partial charge in [0.1, 0.15) is 6.33 Å². The largest absolute Gasteiger partial charge is 0.342 e. The molecule has 0 aliphatic carbocycles. The van der Waals surface area contributed by atoms with E-state index < -0.39 is 0 Å². The molecule has 0 fully saturated rings. The van der Waals surface area contributed by atoms with Crippen LogP contribution in [0.1, 0.15) is 46.1 Å². The van der Waals surface area contributed by atoms with Crippen LogP contribution in [0.15, 0.2) is 30.6 Å². The van der Waals surface area contributed by atoms with E-state index in [9.17, 15) is 4.79 Å². The van der Waals surface area contributed by atoms with Gasteiger partial charge in [0, 0.05) is 17.8 Å². The van der Waals surface area contributed by atoms with Crippen LogP contribution >= 0.6 is 11.6 Å². The van der Waals surface area contributed by atoms with Crippen LogP contribution in [0.3, 0.4) is 0 Å². The highest BCUT2D eigenvalue weighted by molar-refractivity contribution is 6.31. The number of nitrogens with zero attached hydrogens (tertiary/aromatic N) is 5. The minimum Gasteiger partial charge on any atom is -0.342 e. The van der Waals surface area contributed by atoms with Gasteiger partial charge < -0.3 is 5.32 Å². The maximum Gasteiger partial charge on any atom is 0.255 e. The Morgan fingerprint density at radius 1 is 1.27 bits per heavy atom.